The maximum absolute atomic E-state index is 12.5. The molecule has 0 fully saturated rings. The molecule has 0 saturated carbocycles. The highest BCUT2D eigenvalue weighted by molar-refractivity contribution is 6.01. The quantitative estimate of drug-likeness (QED) is 0.443. The lowest BCUT2D eigenvalue weighted by Gasteiger charge is -2.14. The zero-order valence-corrected chi connectivity index (χ0v) is 15.7. The van der Waals surface area contributed by atoms with Gasteiger partial charge in [0.2, 0.25) is 0 Å². The maximum Gasteiger partial charge on any atom is 0.573 e. The number of ether oxygens (including phenoxy) is 1. The molecular weight excluding hydrogens is 413 g/mol. The van der Waals surface area contributed by atoms with Crippen LogP contribution in [0.1, 0.15) is 0 Å². The van der Waals surface area contributed by atoms with Crippen LogP contribution in [0.25, 0.3) is 16.6 Å². The molecule has 4 aromatic rings. The fraction of sp³-hybridized carbons (Fsp3) is 0.0500. The minimum Gasteiger partial charge on any atom is -0.404 e. The van der Waals surface area contributed by atoms with Gasteiger partial charge in [-0.1, -0.05) is 24.3 Å². The molecule has 4 N–H and O–H groups in total. The van der Waals surface area contributed by atoms with Gasteiger partial charge < -0.3 is 21.1 Å². The van der Waals surface area contributed by atoms with Crippen molar-refractivity contribution in [3.05, 3.63) is 67.1 Å². The lowest BCUT2D eigenvalue weighted by molar-refractivity contribution is -0.274. The van der Waals surface area contributed by atoms with Crippen LogP contribution >= 0.6 is 0 Å². The average molecular weight is 428 g/mol. The van der Waals surface area contributed by atoms with E-state index in [4.69, 9.17) is 5.73 Å². The van der Waals surface area contributed by atoms with E-state index in [2.05, 4.69) is 25.5 Å². The van der Waals surface area contributed by atoms with E-state index in [0.717, 1.165) is 17.2 Å². The monoisotopic (exact) mass is 428 g/mol. The number of para-hydroxylation sites is 2. The van der Waals surface area contributed by atoms with Gasteiger partial charge in [0.25, 0.3) is 0 Å². The molecule has 0 unspecified atom stereocenters. The Labute approximate surface area is 173 Å². The molecule has 0 aliphatic rings. The molecule has 0 bridgehead atoms. The number of nitrogen functional groups attached to an aromatic ring is 1. The van der Waals surface area contributed by atoms with Gasteiger partial charge in [-0.3, -0.25) is 0 Å². The van der Waals surface area contributed by atoms with Crippen LogP contribution in [-0.4, -0.2) is 27.0 Å². The second kappa shape index (κ2) is 7.86. The van der Waals surface area contributed by atoms with E-state index in [9.17, 15) is 18.0 Å². The Morgan fingerprint density at radius 2 is 1.77 bits per heavy atom. The van der Waals surface area contributed by atoms with Gasteiger partial charge in [-0.15, -0.1) is 13.2 Å². The Morgan fingerprint density at radius 3 is 2.52 bits per heavy atom. The largest absolute Gasteiger partial charge is 0.573 e. The maximum atomic E-state index is 12.5. The number of fused-ring (bicyclic) bond motifs is 1. The number of carbonyl (C=O) groups excluding carboxylic acids is 1. The predicted octanol–water partition coefficient (Wildman–Crippen LogP) is 4.52. The van der Waals surface area contributed by atoms with Gasteiger partial charge in [-0.05, 0) is 35.9 Å². The molecule has 0 radical (unpaired) electrons. The first-order chi connectivity index (χ1) is 14.8. The molecule has 0 atom stereocenters. The normalized spacial score (nSPS) is 11.3. The van der Waals surface area contributed by atoms with Gasteiger partial charge in [-0.2, -0.15) is 5.10 Å². The van der Waals surface area contributed by atoms with Crippen molar-refractivity contribution in [1.82, 2.24) is 14.6 Å². The first-order valence-electron chi connectivity index (χ1n) is 8.91. The first-order valence-corrected chi connectivity index (χ1v) is 8.91. The van der Waals surface area contributed by atoms with Crippen molar-refractivity contribution in [1.29, 1.82) is 0 Å². The fourth-order valence-electron chi connectivity index (χ4n) is 3.01. The summed E-state index contributed by atoms with van der Waals surface area (Å²) in [5.74, 6) is -0.183. The molecule has 2 aromatic heterocycles. The topological polar surface area (TPSA) is 107 Å². The number of rotatable bonds is 4. The molecule has 0 aliphatic carbocycles. The molecule has 4 rings (SSSR count). The Bertz CT molecular complexity index is 1240. The van der Waals surface area contributed by atoms with Gasteiger partial charge in [0, 0.05) is 17.4 Å². The molecule has 11 heteroatoms. The van der Waals surface area contributed by atoms with Crippen LogP contribution in [0.5, 0.6) is 5.75 Å². The van der Waals surface area contributed by atoms with Crippen LogP contribution in [0.4, 0.5) is 35.2 Å². The van der Waals surface area contributed by atoms with Crippen molar-refractivity contribution in [2.75, 3.05) is 16.4 Å². The summed E-state index contributed by atoms with van der Waals surface area (Å²) in [7, 11) is 0. The molecule has 31 heavy (non-hydrogen) atoms. The van der Waals surface area contributed by atoms with E-state index in [1.54, 1.807) is 35.0 Å². The van der Waals surface area contributed by atoms with E-state index in [-0.39, 0.29) is 5.69 Å². The van der Waals surface area contributed by atoms with Crippen LogP contribution < -0.4 is 21.1 Å². The molecule has 0 spiro atoms. The second-order valence-corrected chi connectivity index (χ2v) is 6.37. The number of nitrogens with two attached hydrogens (primary N) is 1. The summed E-state index contributed by atoms with van der Waals surface area (Å²) in [6, 6.07) is 13.2. The smallest absolute Gasteiger partial charge is 0.404 e. The standard InChI is InChI=1S/C20H15F3N6O2/c21-20(22,23)31-16-4-2-1-3-15(16)28-19(30)27-13-7-5-12(6-8-13)14-9-10-29-17(14)18(24)25-11-26-29/h1-11H,(H2,24,25,26)(H2,27,28,30). The molecule has 8 nitrogen and oxygen atoms in total. The third kappa shape index (κ3) is 4.50. The SMILES string of the molecule is Nc1ncnn2ccc(-c3ccc(NC(=O)Nc4ccccc4OC(F)(F)F)cc3)c12. The summed E-state index contributed by atoms with van der Waals surface area (Å²) in [5, 5.41) is 9.00. The van der Waals surface area contributed by atoms with Gasteiger partial charge in [0.1, 0.15) is 11.8 Å². The predicted molar refractivity (Wildman–Crippen MR) is 109 cm³/mol. The summed E-state index contributed by atoms with van der Waals surface area (Å²) in [4.78, 5) is 16.2. The highest BCUT2D eigenvalue weighted by Crippen LogP contribution is 2.31. The molecule has 2 heterocycles. The van der Waals surface area contributed by atoms with Crippen molar-refractivity contribution in [3.8, 4) is 16.9 Å². The van der Waals surface area contributed by atoms with Crippen molar-refractivity contribution in [3.63, 3.8) is 0 Å². The molecule has 2 amide bonds. The second-order valence-electron chi connectivity index (χ2n) is 6.37. The lowest BCUT2D eigenvalue weighted by atomic mass is 10.1. The van der Waals surface area contributed by atoms with Gasteiger partial charge in [0.15, 0.2) is 11.6 Å². The van der Waals surface area contributed by atoms with Crippen LogP contribution in [0, 0.1) is 0 Å². The Morgan fingerprint density at radius 1 is 1.03 bits per heavy atom. The van der Waals surface area contributed by atoms with Crippen LogP contribution in [0.3, 0.4) is 0 Å². The Balaban J connectivity index is 1.48. The minimum absolute atomic E-state index is 0.121. The molecule has 2 aromatic carbocycles. The molecule has 158 valence electrons. The molecule has 0 aliphatic heterocycles. The van der Waals surface area contributed by atoms with Crippen LogP contribution in [-0.2, 0) is 0 Å². The molecule has 0 saturated heterocycles. The third-order valence-electron chi connectivity index (χ3n) is 4.30. The highest BCUT2D eigenvalue weighted by atomic mass is 19.4. The number of nitrogens with zero attached hydrogens (tertiary/aromatic N) is 3. The summed E-state index contributed by atoms with van der Waals surface area (Å²) in [6.07, 6.45) is -1.76. The number of hydrogen-bond donors (Lipinski definition) is 3. The third-order valence-corrected chi connectivity index (χ3v) is 4.30. The fourth-order valence-corrected chi connectivity index (χ4v) is 3.01. The number of hydrogen-bond acceptors (Lipinski definition) is 5. The van der Waals surface area contributed by atoms with Crippen molar-refractivity contribution in [2.45, 2.75) is 6.36 Å². The number of benzene rings is 2. The number of halogens is 3. The van der Waals surface area contributed by atoms with E-state index < -0.39 is 18.1 Å². The number of urea groups is 1. The summed E-state index contributed by atoms with van der Waals surface area (Å²) < 4.78 is 43.1. The number of carbonyl (C=O) groups is 1. The van der Waals surface area contributed by atoms with E-state index in [0.29, 0.717) is 17.0 Å². The van der Waals surface area contributed by atoms with E-state index >= 15 is 0 Å². The van der Waals surface area contributed by atoms with Gasteiger partial charge >= 0.3 is 12.4 Å². The number of amides is 2. The molecular formula is C20H15F3N6O2. The van der Waals surface area contributed by atoms with Crippen molar-refractivity contribution >= 4 is 28.7 Å². The summed E-state index contributed by atoms with van der Waals surface area (Å²) in [6.45, 7) is 0. The van der Waals surface area contributed by atoms with Gasteiger partial charge in [0.05, 0.1) is 5.69 Å². The number of anilines is 3. The summed E-state index contributed by atoms with van der Waals surface area (Å²) >= 11 is 0. The Hall–Kier alpha value is -4.28. The number of alkyl halides is 3. The Kier molecular flexibility index (Phi) is 5.07. The number of aromatic nitrogens is 3. The minimum atomic E-state index is -4.87. The lowest BCUT2D eigenvalue weighted by Crippen LogP contribution is -2.22. The van der Waals surface area contributed by atoms with E-state index in [1.807, 2.05) is 6.07 Å². The van der Waals surface area contributed by atoms with Crippen molar-refractivity contribution < 1.29 is 22.7 Å². The highest BCUT2D eigenvalue weighted by Gasteiger charge is 2.32. The van der Waals surface area contributed by atoms with Crippen molar-refractivity contribution in [2.24, 2.45) is 0 Å². The summed E-state index contributed by atoms with van der Waals surface area (Å²) in [5.41, 5.74) is 8.54. The van der Waals surface area contributed by atoms with E-state index in [1.165, 1.54) is 24.5 Å². The van der Waals surface area contributed by atoms with Crippen LogP contribution in [0.2, 0.25) is 0 Å². The number of nitrogens with one attached hydrogen (secondary N) is 2. The zero-order chi connectivity index (χ0) is 22.0. The zero-order valence-electron chi connectivity index (χ0n) is 15.7. The van der Waals surface area contributed by atoms with Gasteiger partial charge in [-0.25, -0.2) is 14.3 Å². The average Bonchev–Trinajstić information content (AvgIpc) is 3.14. The first kappa shape index (κ1) is 20.0. The van der Waals surface area contributed by atoms with Crippen LogP contribution in [0.15, 0.2) is 67.1 Å².